The zero-order valence-electron chi connectivity index (χ0n) is 14.4. The third-order valence-electron chi connectivity index (χ3n) is 4.00. The normalized spacial score (nSPS) is 18.4. The molecule has 0 bridgehead atoms. The molecule has 0 radical (unpaired) electrons. The molecule has 1 aromatic carbocycles. The minimum atomic E-state index is -3.14. The van der Waals surface area contributed by atoms with Gasteiger partial charge in [-0.05, 0) is 24.1 Å². The second-order valence-corrected chi connectivity index (χ2v) is 7.89. The van der Waals surface area contributed by atoms with Crippen LogP contribution in [-0.2, 0) is 21.1 Å². The Balaban J connectivity index is 0.00000288. The summed E-state index contributed by atoms with van der Waals surface area (Å²) in [6.45, 7) is 3.31. The van der Waals surface area contributed by atoms with E-state index in [4.69, 9.17) is 4.74 Å². The van der Waals surface area contributed by atoms with Gasteiger partial charge < -0.3 is 15.0 Å². The van der Waals surface area contributed by atoms with Crippen LogP contribution in [0.15, 0.2) is 34.2 Å². The van der Waals surface area contributed by atoms with E-state index in [1.807, 2.05) is 12.1 Å². The summed E-state index contributed by atoms with van der Waals surface area (Å²) in [5.41, 5.74) is 1.02. The third-order valence-corrected chi connectivity index (χ3v) is 5.13. The van der Waals surface area contributed by atoms with Crippen LogP contribution in [0.5, 0.6) is 0 Å². The summed E-state index contributed by atoms with van der Waals surface area (Å²) in [7, 11) is 0.364. The number of sulfone groups is 1. The summed E-state index contributed by atoms with van der Waals surface area (Å²) >= 11 is 0. The highest BCUT2D eigenvalue weighted by Gasteiger charge is 2.24. The number of halogens is 1. The number of hydrogen-bond acceptors (Lipinski definition) is 4. The lowest BCUT2D eigenvalue weighted by atomic mass is 10.1. The first-order valence-electron chi connectivity index (χ1n) is 7.67. The molecule has 0 saturated carbocycles. The van der Waals surface area contributed by atoms with E-state index in [0.29, 0.717) is 17.4 Å². The molecule has 1 heterocycles. The van der Waals surface area contributed by atoms with E-state index in [2.05, 4.69) is 15.2 Å². The summed E-state index contributed by atoms with van der Waals surface area (Å²) < 4.78 is 28.1. The highest BCUT2D eigenvalue weighted by molar-refractivity contribution is 14.0. The molecule has 1 fully saturated rings. The lowest BCUT2D eigenvalue weighted by Gasteiger charge is -2.21. The van der Waals surface area contributed by atoms with Crippen molar-refractivity contribution in [2.75, 3.05) is 40.1 Å². The number of methoxy groups -OCH3 is 1. The summed E-state index contributed by atoms with van der Waals surface area (Å²) in [5, 5.41) is 3.33. The Morgan fingerprint density at radius 3 is 2.58 bits per heavy atom. The molecule has 24 heavy (non-hydrogen) atoms. The molecular weight excluding hydrogens is 441 g/mol. The number of guanidine groups is 1. The molecule has 136 valence electrons. The van der Waals surface area contributed by atoms with Crippen LogP contribution in [0.4, 0.5) is 0 Å². The number of rotatable bonds is 5. The maximum Gasteiger partial charge on any atom is 0.193 e. The van der Waals surface area contributed by atoms with Crippen molar-refractivity contribution in [1.29, 1.82) is 0 Å². The quantitative estimate of drug-likeness (QED) is 0.406. The summed E-state index contributed by atoms with van der Waals surface area (Å²) in [4.78, 5) is 6.90. The van der Waals surface area contributed by atoms with Crippen LogP contribution < -0.4 is 5.32 Å². The van der Waals surface area contributed by atoms with Crippen molar-refractivity contribution in [2.45, 2.75) is 17.9 Å². The highest BCUT2D eigenvalue weighted by Crippen LogP contribution is 2.16. The lowest BCUT2D eigenvalue weighted by molar-refractivity contribution is 0.157. The van der Waals surface area contributed by atoms with Gasteiger partial charge in [0.25, 0.3) is 0 Å². The molecule has 0 aliphatic carbocycles. The van der Waals surface area contributed by atoms with Crippen molar-refractivity contribution < 1.29 is 13.2 Å². The molecule has 1 aromatic rings. The van der Waals surface area contributed by atoms with Crippen molar-refractivity contribution in [3.05, 3.63) is 29.8 Å². The van der Waals surface area contributed by atoms with Crippen LogP contribution in [-0.4, -0.2) is 59.4 Å². The van der Waals surface area contributed by atoms with Crippen LogP contribution in [0.1, 0.15) is 12.0 Å². The Morgan fingerprint density at radius 1 is 1.38 bits per heavy atom. The van der Waals surface area contributed by atoms with Gasteiger partial charge in [0.15, 0.2) is 15.8 Å². The van der Waals surface area contributed by atoms with Crippen LogP contribution in [0.3, 0.4) is 0 Å². The van der Waals surface area contributed by atoms with Gasteiger partial charge in [-0.1, -0.05) is 12.1 Å². The highest BCUT2D eigenvalue weighted by atomic mass is 127. The number of likely N-dealkylation sites (tertiary alicyclic amines) is 1. The molecule has 8 heteroatoms. The van der Waals surface area contributed by atoms with Crippen LogP contribution >= 0.6 is 24.0 Å². The van der Waals surface area contributed by atoms with Crippen molar-refractivity contribution in [3.63, 3.8) is 0 Å². The topological polar surface area (TPSA) is 71.0 Å². The fourth-order valence-corrected chi connectivity index (χ4v) is 3.40. The van der Waals surface area contributed by atoms with E-state index in [0.717, 1.165) is 37.6 Å². The van der Waals surface area contributed by atoms with Gasteiger partial charge in [0.2, 0.25) is 0 Å². The minimum Gasteiger partial charge on any atom is -0.384 e. The molecule has 1 unspecified atom stereocenters. The predicted octanol–water partition coefficient (Wildman–Crippen LogP) is 1.75. The Morgan fingerprint density at radius 2 is 2.04 bits per heavy atom. The molecule has 0 amide bonds. The average molecular weight is 467 g/mol. The van der Waals surface area contributed by atoms with E-state index in [-0.39, 0.29) is 24.0 Å². The molecule has 2 rings (SSSR count). The number of hydrogen-bond donors (Lipinski definition) is 1. The minimum absolute atomic E-state index is 0. The predicted molar refractivity (Wildman–Crippen MR) is 107 cm³/mol. The zero-order chi connectivity index (χ0) is 16.9. The number of ether oxygens (including phenoxy) is 1. The fraction of sp³-hybridized carbons (Fsp3) is 0.562. The molecule has 0 aromatic heterocycles. The maximum atomic E-state index is 11.5. The smallest absolute Gasteiger partial charge is 0.193 e. The standard InChI is InChI=1S/C16H25N3O3S.HI/c1-17-16(19-9-8-14(11-19)12-22-2)18-10-13-4-6-15(7-5-13)23(3,20)21;/h4-7,14H,8-12H2,1-3H3,(H,17,18);1H. The molecule has 1 aliphatic heterocycles. The van der Waals surface area contributed by atoms with Crippen LogP contribution in [0, 0.1) is 5.92 Å². The fourth-order valence-electron chi connectivity index (χ4n) is 2.76. The van der Waals surface area contributed by atoms with Gasteiger partial charge in [-0.3, -0.25) is 4.99 Å². The molecule has 1 N–H and O–H groups in total. The van der Waals surface area contributed by atoms with Gasteiger partial charge >= 0.3 is 0 Å². The molecule has 1 aliphatic rings. The largest absolute Gasteiger partial charge is 0.384 e. The summed E-state index contributed by atoms with van der Waals surface area (Å²) in [6.07, 6.45) is 2.32. The molecule has 1 saturated heterocycles. The zero-order valence-corrected chi connectivity index (χ0v) is 17.5. The van der Waals surface area contributed by atoms with Gasteiger partial charge in [0.1, 0.15) is 0 Å². The van der Waals surface area contributed by atoms with E-state index in [1.54, 1.807) is 26.3 Å². The van der Waals surface area contributed by atoms with Gasteiger partial charge in [-0.15, -0.1) is 24.0 Å². The monoisotopic (exact) mass is 467 g/mol. The van der Waals surface area contributed by atoms with E-state index in [9.17, 15) is 8.42 Å². The van der Waals surface area contributed by atoms with E-state index >= 15 is 0 Å². The molecule has 0 spiro atoms. The summed E-state index contributed by atoms with van der Waals surface area (Å²) in [5.74, 6) is 1.42. The number of nitrogens with one attached hydrogen (secondary N) is 1. The van der Waals surface area contributed by atoms with Crippen molar-refractivity contribution >= 4 is 39.8 Å². The Labute approximate surface area is 161 Å². The first-order chi connectivity index (χ1) is 10.9. The first kappa shape index (κ1) is 21.2. The lowest BCUT2D eigenvalue weighted by Crippen LogP contribution is -2.39. The Kier molecular flexibility index (Phi) is 8.44. The van der Waals surface area contributed by atoms with Crippen LogP contribution in [0.25, 0.3) is 0 Å². The SMILES string of the molecule is CN=C(NCc1ccc(S(C)(=O)=O)cc1)N1CCC(COC)C1.I. The second-order valence-electron chi connectivity index (χ2n) is 5.87. The second kappa shape index (κ2) is 9.57. The Hall–Kier alpha value is -0.870. The maximum absolute atomic E-state index is 11.5. The van der Waals surface area contributed by atoms with Crippen molar-refractivity contribution in [2.24, 2.45) is 10.9 Å². The van der Waals surface area contributed by atoms with Crippen LogP contribution in [0.2, 0.25) is 0 Å². The number of nitrogens with zero attached hydrogens (tertiary/aromatic N) is 2. The van der Waals surface area contributed by atoms with Gasteiger partial charge in [0, 0.05) is 46.0 Å². The average Bonchev–Trinajstić information content (AvgIpc) is 2.96. The van der Waals surface area contributed by atoms with Gasteiger partial charge in [-0.25, -0.2) is 8.42 Å². The van der Waals surface area contributed by atoms with Crippen molar-refractivity contribution in [1.82, 2.24) is 10.2 Å². The molecule has 1 atom stereocenters. The van der Waals surface area contributed by atoms with E-state index < -0.39 is 9.84 Å². The Bertz CT molecular complexity index is 647. The molecule has 6 nitrogen and oxygen atoms in total. The van der Waals surface area contributed by atoms with Gasteiger partial charge in [0.05, 0.1) is 11.5 Å². The number of benzene rings is 1. The van der Waals surface area contributed by atoms with Crippen molar-refractivity contribution in [3.8, 4) is 0 Å². The number of aliphatic imine (C=N–C) groups is 1. The third kappa shape index (κ3) is 5.89. The summed E-state index contributed by atoms with van der Waals surface area (Å²) in [6, 6.07) is 6.93. The van der Waals surface area contributed by atoms with E-state index in [1.165, 1.54) is 6.26 Å². The van der Waals surface area contributed by atoms with Gasteiger partial charge in [-0.2, -0.15) is 0 Å². The molecular formula is C16H26IN3O3S. The first-order valence-corrected chi connectivity index (χ1v) is 9.56.